The third kappa shape index (κ3) is 8.55. The number of carbonyl (C=O) groups is 1. The van der Waals surface area contributed by atoms with Gasteiger partial charge in [-0.25, -0.2) is 4.99 Å². The molecule has 0 aliphatic carbocycles. The molecule has 0 unspecified atom stereocenters. The van der Waals surface area contributed by atoms with Crippen LogP contribution in [-0.2, 0) is 11.3 Å². The maximum atomic E-state index is 13.5. The fourth-order valence-corrected chi connectivity index (χ4v) is 4.83. The highest BCUT2D eigenvalue weighted by Gasteiger charge is 2.18. The standard InChI is InChI=1S/C30H33N5O3S2/c1-4-32-25-12-10-23(18-31)16-26(25)34-20-40-29(30(37)33-19-22-8-6-5-7-9-22)21(2)35(3)27-13-11-24(17-28(27)39)38-15-14-36/h5-13,16-17,20,32,36,39H,4,14-15,19H2,1-3H3,(H,33,37)/b29-21+,34-20?. The van der Waals surface area contributed by atoms with Crippen LogP contribution in [0.5, 0.6) is 5.75 Å². The molecule has 8 nitrogen and oxygen atoms in total. The molecule has 0 radical (unpaired) electrons. The zero-order chi connectivity index (χ0) is 28.9. The van der Waals surface area contributed by atoms with Gasteiger partial charge in [-0.05, 0) is 55.8 Å². The third-order valence-electron chi connectivity index (χ3n) is 5.86. The van der Waals surface area contributed by atoms with Crippen molar-refractivity contribution in [3.05, 3.63) is 88.5 Å². The summed E-state index contributed by atoms with van der Waals surface area (Å²) in [5.74, 6) is 0.349. The number of nitrogens with zero attached hydrogens (tertiary/aromatic N) is 3. The quantitative estimate of drug-likeness (QED) is 0.0892. The molecule has 0 saturated carbocycles. The van der Waals surface area contributed by atoms with Crippen molar-refractivity contribution in [3.8, 4) is 11.8 Å². The summed E-state index contributed by atoms with van der Waals surface area (Å²) < 4.78 is 5.49. The monoisotopic (exact) mass is 575 g/mol. The van der Waals surface area contributed by atoms with Gasteiger partial charge in [0.15, 0.2) is 0 Å². The van der Waals surface area contributed by atoms with Crippen molar-refractivity contribution in [1.82, 2.24) is 5.32 Å². The van der Waals surface area contributed by atoms with Crippen LogP contribution in [0.3, 0.4) is 0 Å². The lowest BCUT2D eigenvalue weighted by Gasteiger charge is -2.24. The van der Waals surface area contributed by atoms with Gasteiger partial charge in [0.1, 0.15) is 12.4 Å². The van der Waals surface area contributed by atoms with E-state index in [1.807, 2.05) is 68.3 Å². The molecule has 0 saturated heterocycles. The summed E-state index contributed by atoms with van der Waals surface area (Å²) in [7, 11) is 1.86. The molecule has 3 rings (SSSR count). The second-order valence-corrected chi connectivity index (χ2v) is 9.93. The van der Waals surface area contributed by atoms with Crippen LogP contribution in [0.1, 0.15) is 25.0 Å². The van der Waals surface area contributed by atoms with E-state index in [9.17, 15) is 10.1 Å². The predicted octanol–water partition coefficient (Wildman–Crippen LogP) is 5.73. The van der Waals surface area contributed by atoms with Crippen molar-refractivity contribution < 1.29 is 14.6 Å². The molecule has 0 atom stereocenters. The zero-order valence-electron chi connectivity index (χ0n) is 22.7. The summed E-state index contributed by atoms with van der Waals surface area (Å²) in [4.78, 5) is 21.1. The molecule has 3 aromatic rings. The van der Waals surface area contributed by atoms with Gasteiger partial charge < -0.3 is 25.4 Å². The molecule has 10 heteroatoms. The van der Waals surface area contributed by atoms with Crippen LogP contribution in [-0.4, -0.2) is 43.4 Å². The number of aliphatic hydroxyl groups excluding tert-OH is 1. The molecule has 3 aromatic carbocycles. The summed E-state index contributed by atoms with van der Waals surface area (Å²) in [6.45, 7) is 5.04. The van der Waals surface area contributed by atoms with E-state index < -0.39 is 0 Å². The van der Waals surface area contributed by atoms with Gasteiger partial charge in [-0.1, -0.05) is 42.1 Å². The molecular formula is C30H33N5O3S2. The first-order chi connectivity index (χ1) is 19.4. The number of thiol groups is 1. The lowest BCUT2D eigenvalue weighted by atomic mass is 10.2. The Morgan fingerprint density at radius 3 is 2.65 bits per heavy atom. The fourth-order valence-electron chi connectivity index (χ4n) is 3.72. The van der Waals surface area contributed by atoms with E-state index in [0.29, 0.717) is 45.6 Å². The number of aliphatic hydroxyl groups is 1. The van der Waals surface area contributed by atoms with Crippen molar-refractivity contribution in [2.24, 2.45) is 4.99 Å². The Morgan fingerprint density at radius 1 is 1.20 bits per heavy atom. The molecule has 0 heterocycles. The number of benzene rings is 3. The number of hydrogen-bond acceptors (Lipinski definition) is 9. The van der Waals surface area contributed by atoms with E-state index in [4.69, 9.17) is 9.84 Å². The topological polar surface area (TPSA) is 110 Å². The maximum Gasteiger partial charge on any atom is 0.260 e. The first kappa shape index (κ1) is 30.6. The third-order valence-corrected chi connectivity index (χ3v) is 7.14. The molecule has 208 valence electrons. The number of allylic oxidation sites excluding steroid dienone is 1. The van der Waals surface area contributed by atoms with E-state index in [1.165, 1.54) is 11.8 Å². The molecule has 3 N–H and O–H groups in total. The smallest absolute Gasteiger partial charge is 0.260 e. The van der Waals surface area contributed by atoms with Gasteiger partial charge in [0.05, 0.1) is 45.8 Å². The SMILES string of the molecule is CCNc1ccc(C#N)cc1N=CS/C(C(=O)NCc1ccccc1)=C(\C)N(C)c1ccc(OCCO)cc1S. The second-order valence-electron chi connectivity index (χ2n) is 8.59. The minimum atomic E-state index is -0.244. The second kappa shape index (κ2) is 15.6. The van der Waals surface area contributed by atoms with Crippen LogP contribution in [0.2, 0.25) is 0 Å². The lowest BCUT2D eigenvalue weighted by molar-refractivity contribution is -0.117. The number of amides is 1. The highest BCUT2D eigenvalue weighted by Crippen LogP contribution is 2.33. The average molecular weight is 576 g/mol. The van der Waals surface area contributed by atoms with Gasteiger partial charge in [0.25, 0.3) is 5.91 Å². The lowest BCUT2D eigenvalue weighted by Crippen LogP contribution is -2.27. The van der Waals surface area contributed by atoms with Gasteiger partial charge in [0.2, 0.25) is 0 Å². The number of hydrogen-bond donors (Lipinski definition) is 4. The molecule has 1 amide bonds. The van der Waals surface area contributed by atoms with Gasteiger partial charge in [0, 0.05) is 30.7 Å². The molecule has 0 bridgehead atoms. The Morgan fingerprint density at radius 2 is 1.98 bits per heavy atom. The molecule has 0 aromatic heterocycles. The highest BCUT2D eigenvalue weighted by atomic mass is 32.2. The fraction of sp³-hybridized carbons (Fsp3) is 0.233. The van der Waals surface area contributed by atoms with Crippen LogP contribution >= 0.6 is 24.4 Å². The predicted molar refractivity (Wildman–Crippen MR) is 167 cm³/mol. The van der Waals surface area contributed by atoms with Crippen LogP contribution in [0.15, 0.2) is 87.2 Å². The molecule has 40 heavy (non-hydrogen) atoms. The Balaban J connectivity index is 1.92. The van der Waals surface area contributed by atoms with E-state index >= 15 is 0 Å². The van der Waals surface area contributed by atoms with E-state index in [-0.39, 0.29) is 19.1 Å². The summed E-state index contributed by atoms with van der Waals surface area (Å²) in [6, 6.07) is 22.5. The van der Waals surface area contributed by atoms with E-state index in [1.54, 1.807) is 29.8 Å². The van der Waals surface area contributed by atoms with Gasteiger partial charge in [-0.2, -0.15) is 5.26 Å². The number of anilines is 2. The summed E-state index contributed by atoms with van der Waals surface area (Å²) in [6.07, 6.45) is 0. The Labute approximate surface area is 245 Å². The minimum Gasteiger partial charge on any atom is -0.491 e. The zero-order valence-corrected chi connectivity index (χ0v) is 24.4. The number of carbonyl (C=O) groups excluding carboxylic acids is 1. The summed E-state index contributed by atoms with van der Waals surface area (Å²) in [5, 5.41) is 24.6. The van der Waals surface area contributed by atoms with E-state index in [0.717, 1.165) is 16.9 Å². The first-order valence-electron chi connectivity index (χ1n) is 12.7. The van der Waals surface area contributed by atoms with Crippen molar-refractivity contribution in [1.29, 1.82) is 5.26 Å². The molecule has 0 fully saturated rings. The highest BCUT2D eigenvalue weighted by molar-refractivity contribution is 8.16. The van der Waals surface area contributed by atoms with Crippen molar-refractivity contribution in [2.75, 3.05) is 37.0 Å². The summed E-state index contributed by atoms with van der Waals surface area (Å²) >= 11 is 5.82. The number of thioether (sulfide) groups is 1. The molecular weight excluding hydrogens is 542 g/mol. The number of nitriles is 1. The Kier molecular flexibility index (Phi) is 12.0. The van der Waals surface area contributed by atoms with E-state index in [2.05, 4.69) is 34.3 Å². The van der Waals surface area contributed by atoms with Crippen LogP contribution in [0.4, 0.5) is 17.1 Å². The normalized spacial score (nSPS) is 11.5. The molecule has 0 aliphatic heterocycles. The molecule has 0 spiro atoms. The van der Waals surface area contributed by atoms with Crippen molar-refractivity contribution >= 4 is 52.9 Å². The Bertz CT molecular complexity index is 1400. The van der Waals surface area contributed by atoms with Gasteiger partial charge in [-0.15, -0.1) is 12.6 Å². The number of rotatable bonds is 13. The number of nitrogens with one attached hydrogen (secondary N) is 2. The maximum absolute atomic E-state index is 13.5. The van der Waals surface area contributed by atoms with Crippen LogP contribution in [0, 0.1) is 11.3 Å². The van der Waals surface area contributed by atoms with Gasteiger partial charge >= 0.3 is 0 Å². The molecule has 0 aliphatic rings. The largest absolute Gasteiger partial charge is 0.491 e. The summed E-state index contributed by atoms with van der Waals surface area (Å²) in [5.41, 5.74) is 5.98. The average Bonchev–Trinajstić information content (AvgIpc) is 2.97. The van der Waals surface area contributed by atoms with Crippen molar-refractivity contribution in [3.63, 3.8) is 0 Å². The Hall–Kier alpha value is -3.91. The minimum absolute atomic E-state index is 0.0809. The van der Waals surface area contributed by atoms with Crippen LogP contribution in [0.25, 0.3) is 0 Å². The number of ether oxygens (including phenoxy) is 1. The van der Waals surface area contributed by atoms with Crippen molar-refractivity contribution in [2.45, 2.75) is 25.3 Å². The first-order valence-corrected chi connectivity index (χ1v) is 14.0. The van der Waals surface area contributed by atoms with Gasteiger partial charge in [-0.3, -0.25) is 4.79 Å². The number of aliphatic imine (C=N–C) groups is 1. The van der Waals surface area contributed by atoms with Crippen LogP contribution < -0.4 is 20.3 Å².